The summed E-state index contributed by atoms with van der Waals surface area (Å²) < 4.78 is 8.18. The monoisotopic (exact) mass is 577 g/mol. The maximum Gasteiger partial charge on any atom is 0.266 e. The Morgan fingerprint density at radius 1 is 1.12 bits per heavy atom. The number of rotatable bonds is 5. The normalized spacial score (nSPS) is 16.2. The Bertz CT molecular complexity index is 1350. The molecule has 0 N–H and O–H groups in total. The second-order valence-corrected chi connectivity index (χ2v) is 10.3. The summed E-state index contributed by atoms with van der Waals surface area (Å²) in [5, 5.41) is 1.75. The summed E-state index contributed by atoms with van der Waals surface area (Å²) in [6.45, 7) is 6.51. The lowest BCUT2D eigenvalue weighted by Gasteiger charge is -2.12. The van der Waals surface area contributed by atoms with Gasteiger partial charge in [0.25, 0.3) is 5.91 Å². The lowest BCUT2D eigenvalue weighted by atomic mass is 10.2. The van der Waals surface area contributed by atoms with Crippen LogP contribution in [0.4, 0.5) is 5.69 Å². The molecule has 2 heterocycles. The Labute approximate surface area is 221 Å². The predicted octanol–water partition coefficient (Wildman–Crippen LogP) is 7.80. The van der Waals surface area contributed by atoms with Gasteiger partial charge in [0.1, 0.15) is 5.75 Å². The molecule has 1 fully saturated rings. The van der Waals surface area contributed by atoms with Crippen LogP contribution in [-0.4, -0.2) is 34.2 Å². The van der Waals surface area contributed by atoms with E-state index >= 15 is 0 Å². The Hall–Kier alpha value is -2.19. The average molecular weight is 579 g/mol. The fraction of sp³-hybridized carbons (Fsp3) is 0.200. The SMILES string of the molecule is CCN1C(=O)/C(=C/c2cc(C)n(-c3ccc(OC)c(Cl)c3)c2C)SC1=Nc1ccc(Br)c(Cl)c1. The van der Waals surface area contributed by atoms with Crippen LogP contribution in [0, 0.1) is 13.8 Å². The summed E-state index contributed by atoms with van der Waals surface area (Å²) >= 11 is 17.3. The molecule has 5 nitrogen and oxygen atoms in total. The maximum absolute atomic E-state index is 13.1. The van der Waals surface area contributed by atoms with Crippen LogP contribution in [0.5, 0.6) is 5.75 Å². The molecule has 176 valence electrons. The third-order valence-corrected chi connectivity index (χ3v) is 8.02. The fourth-order valence-corrected chi connectivity index (χ4v) is 5.53. The highest BCUT2D eigenvalue weighted by molar-refractivity contribution is 9.10. The van der Waals surface area contributed by atoms with Gasteiger partial charge in [0.2, 0.25) is 0 Å². The van der Waals surface area contributed by atoms with Crippen molar-refractivity contribution in [2.75, 3.05) is 13.7 Å². The third-order valence-electron chi connectivity index (χ3n) is 5.48. The van der Waals surface area contributed by atoms with Gasteiger partial charge in [-0.3, -0.25) is 9.69 Å². The van der Waals surface area contributed by atoms with Crippen LogP contribution in [0.3, 0.4) is 0 Å². The first kappa shape index (κ1) is 24.9. The molecule has 0 atom stereocenters. The van der Waals surface area contributed by atoms with E-state index in [2.05, 4.69) is 31.6 Å². The molecule has 0 radical (unpaired) electrons. The first-order valence-electron chi connectivity index (χ1n) is 10.5. The van der Waals surface area contributed by atoms with Crippen molar-refractivity contribution in [1.29, 1.82) is 0 Å². The standard InChI is InChI=1S/C25H22BrCl2N3O2S/c1-5-30-24(32)23(34-25(30)29-17-6-8-19(26)20(27)12-17)11-16-10-14(2)31(15(16)3)18-7-9-22(33-4)21(28)13-18/h6-13H,5H2,1-4H3/b23-11-,29-25?. The van der Waals surface area contributed by atoms with Gasteiger partial charge in [-0.15, -0.1) is 0 Å². The number of hydrogen-bond acceptors (Lipinski definition) is 4. The molecule has 1 amide bonds. The summed E-state index contributed by atoms with van der Waals surface area (Å²) in [4.78, 5) is 20.1. The minimum atomic E-state index is -0.0632. The molecule has 0 aliphatic carbocycles. The van der Waals surface area contributed by atoms with Crippen LogP contribution in [0.1, 0.15) is 23.9 Å². The number of aliphatic imine (C=N–C) groups is 1. The van der Waals surface area contributed by atoms with Gasteiger partial charge < -0.3 is 9.30 Å². The van der Waals surface area contributed by atoms with Crippen molar-refractivity contribution < 1.29 is 9.53 Å². The van der Waals surface area contributed by atoms with Crippen molar-refractivity contribution in [3.05, 3.63) is 78.8 Å². The van der Waals surface area contributed by atoms with E-state index < -0.39 is 0 Å². The molecular weight excluding hydrogens is 557 g/mol. The smallest absolute Gasteiger partial charge is 0.266 e. The minimum absolute atomic E-state index is 0.0632. The number of aryl methyl sites for hydroxylation is 1. The molecule has 0 unspecified atom stereocenters. The number of amides is 1. The molecule has 2 aromatic carbocycles. The highest BCUT2D eigenvalue weighted by atomic mass is 79.9. The van der Waals surface area contributed by atoms with E-state index in [4.69, 9.17) is 27.9 Å². The van der Waals surface area contributed by atoms with Crippen LogP contribution in [0.25, 0.3) is 11.8 Å². The number of carbonyl (C=O) groups excluding carboxylic acids is 1. The quantitative estimate of drug-likeness (QED) is 0.290. The Morgan fingerprint density at radius 2 is 1.88 bits per heavy atom. The Morgan fingerprint density at radius 3 is 2.53 bits per heavy atom. The zero-order valence-corrected chi connectivity index (χ0v) is 22.9. The number of amidine groups is 1. The largest absolute Gasteiger partial charge is 0.495 e. The molecule has 1 aliphatic rings. The van der Waals surface area contributed by atoms with E-state index in [1.165, 1.54) is 11.8 Å². The van der Waals surface area contributed by atoms with Gasteiger partial charge in [-0.1, -0.05) is 23.2 Å². The second kappa shape index (κ2) is 10.2. The summed E-state index contributed by atoms with van der Waals surface area (Å²) in [5.74, 6) is 0.563. The maximum atomic E-state index is 13.1. The first-order valence-corrected chi connectivity index (χ1v) is 12.9. The fourth-order valence-electron chi connectivity index (χ4n) is 3.80. The molecule has 0 bridgehead atoms. The van der Waals surface area contributed by atoms with Crippen LogP contribution in [0.15, 0.2) is 56.8 Å². The lowest BCUT2D eigenvalue weighted by molar-refractivity contribution is -0.122. The summed E-state index contributed by atoms with van der Waals surface area (Å²) in [7, 11) is 1.59. The van der Waals surface area contributed by atoms with Crippen LogP contribution < -0.4 is 4.74 Å². The van der Waals surface area contributed by atoms with Crippen LogP contribution in [-0.2, 0) is 4.79 Å². The molecule has 4 rings (SSSR count). The topological polar surface area (TPSA) is 46.8 Å². The van der Waals surface area contributed by atoms with E-state index in [0.29, 0.717) is 38.1 Å². The van der Waals surface area contributed by atoms with E-state index in [0.717, 1.165) is 27.1 Å². The van der Waals surface area contributed by atoms with Crippen LogP contribution >= 0.6 is 50.9 Å². The highest BCUT2D eigenvalue weighted by Crippen LogP contribution is 2.36. The van der Waals surface area contributed by atoms with E-state index in [9.17, 15) is 4.79 Å². The molecule has 3 aromatic rings. The Kier molecular flexibility index (Phi) is 7.48. The molecule has 1 aromatic heterocycles. The van der Waals surface area contributed by atoms with Gasteiger partial charge in [-0.2, -0.15) is 0 Å². The number of methoxy groups -OCH3 is 1. The van der Waals surface area contributed by atoms with Gasteiger partial charge >= 0.3 is 0 Å². The minimum Gasteiger partial charge on any atom is -0.495 e. The number of likely N-dealkylation sites (N-methyl/N-ethyl adjacent to an activating group) is 1. The van der Waals surface area contributed by atoms with E-state index in [1.807, 2.05) is 57.2 Å². The molecule has 1 aliphatic heterocycles. The van der Waals surface area contributed by atoms with Crippen molar-refractivity contribution in [1.82, 2.24) is 9.47 Å². The number of nitrogens with zero attached hydrogens (tertiary/aromatic N) is 3. The second-order valence-electron chi connectivity index (χ2n) is 7.63. The van der Waals surface area contributed by atoms with Crippen molar-refractivity contribution >= 4 is 73.7 Å². The van der Waals surface area contributed by atoms with Gasteiger partial charge in [0.05, 0.1) is 27.7 Å². The first-order chi connectivity index (χ1) is 16.2. The van der Waals surface area contributed by atoms with Crippen molar-refractivity contribution in [2.45, 2.75) is 20.8 Å². The number of benzene rings is 2. The van der Waals surface area contributed by atoms with Crippen LogP contribution in [0.2, 0.25) is 10.0 Å². The van der Waals surface area contributed by atoms with Crippen molar-refractivity contribution in [3.63, 3.8) is 0 Å². The van der Waals surface area contributed by atoms with Gasteiger partial charge in [0, 0.05) is 28.1 Å². The number of hydrogen-bond donors (Lipinski definition) is 0. The zero-order chi connectivity index (χ0) is 24.6. The average Bonchev–Trinajstić information content (AvgIpc) is 3.25. The third kappa shape index (κ3) is 4.80. The Balaban J connectivity index is 1.70. The summed E-state index contributed by atoms with van der Waals surface area (Å²) in [6.07, 6.45) is 1.93. The number of aromatic nitrogens is 1. The summed E-state index contributed by atoms with van der Waals surface area (Å²) in [6, 6.07) is 13.2. The number of ether oxygens (including phenoxy) is 1. The van der Waals surface area contributed by atoms with E-state index in [-0.39, 0.29) is 5.91 Å². The van der Waals surface area contributed by atoms with Gasteiger partial charge in [-0.05, 0) is 103 Å². The van der Waals surface area contributed by atoms with Crippen molar-refractivity contribution in [2.24, 2.45) is 4.99 Å². The number of thioether (sulfide) groups is 1. The number of halogens is 3. The van der Waals surface area contributed by atoms with Gasteiger partial charge in [0.15, 0.2) is 5.17 Å². The lowest BCUT2D eigenvalue weighted by Crippen LogP contribution is -2.28. The van der Waals surface area contributed by atoms with Gasteiger partial charge in [-0.25, -0.2) is 4.99 Å². The highest BCUT2D eigenvalue weighted by Gasteiger charge is 2.32. The molecule has 34 heavy (non-hydrogen) atoms. The summed E-state index contributed by atoms with van der Waals surface area (Å²) in [5.41, 5.74) is 4.63. The van der Waals surface area contributed by atoms with E-state index in [1.54, 1.807) is 18.1 Å². The zero-order valence-electron chi connectivity index (χ0n) is 19.0. The predicted molar refractivity (Wildman–Crippen MR) is 146 cm³/mol. The van der Waals surface area contributed by atoms with Crippen molar-refractivity contribution in [3.8, 4) is 11.4 Å². The number of carbonyl (C=O) groups is 1. The molecule has 0 spiro atoms. The molecule has 0 saturated carbocycles. The molecule has 9 heteroatoms. The molecule has 1 saturated heterocycles. The molecular formula is C25H22BrCl2N3O2S.